The van der Waals surface area contributed by atoms with E-state index < -0.39 is 5.60 Å². The van der Waals surface area contributed by atoms with Crippen molar-refractivity contribution < 1.29 is 9.53 Å². The molecule has 1 aliphatic carbocycles. The van der Waals surface area contributed by atoms with Gasteiger partial charge in [-0.05, 0) is 58.4 Å². The number of ether oxygens (including phenoxy) is 1. The average molecular weight is 240 g/mol. The SMILES string of the molecule is CC(C)(C)OC(=O)N1CCCC1[C@@H]1C[C@H]1CN. The van der Waals surface area contributed by atoms with Crippen LogP contribution >= 0.6 is 0 Å². The van der Waals surface area contributed by atoms with Crippen LogP contribution in [-0.4, -0.2) is 35.7 Å². The molecule has 98 valence electrons. The first kappa shape index (κ1) is 12.7. The molecule has 0 spiro atoms. The number of nitrogens with zero attached hydrogens (tertiary/aromatic N) is 1. The van der Waals surface area contributed by atoms with Gasteiger partial charge in [-0.3, -0.25) is 0 Å². The smallest absolute Gasteiger partial charge is 0.410 e. The van der Waals surface area contributed by atoms with Gasteiger partial charge in [0.15, 0.2) is 0 Å². The van der Waals surface area contributed by atoms with E-state index in [1.54, 1.807) is 0 Å². The standard InChI is InChI=1S/C13H24N2O2/c1-13(2,3)17-12(16)15-6-4-5-11(15)10-7-9(10)8-14/h9-11H,4-8,14H2,1-3H3/t9-,10+,11?/m0/s1. The molecule has 0 radical (unpaired) electrons. The normalized spacial score (nSPS) is 32.7. The van der Waals surface area contributed by atoms with Crippen LogP contribution in [0.1, 0.15) is 40.0 Å². The summed E-state index contributed by atoms with van der Waals surface area (Å²) in [6, 6.07) is 0.374. The third-order valence-corrected chi connectivity index (χ3v) is 3.70. The molecule has 2 rings (SSSR count). The molecule has 1 saturated carbocycles. The first-order chi connectivity index (χ1) is 7.92. The predicted molar refractivity (Wildman–Crippen MR) is 66.6 cm³/mol. The lowest BCUT2D eigenvalue weighted by Gasteiger charge is -2.28. The first-order valence-corrected chi connectivity index (χ1v) is 6.62. The van der Waals surface area contributed by atoms with Gasteiger partial charge in [0.25, 0.3) is 0 Å². The highest BCUT2D eigenvalue weighted by molar-refractivity contribution is 5.69. The van der Waals surface area contributed by atoms with E-state index in [-0.39, 0.29) is 6.09 Å². The molecular weight excluding hydrogens is 216 g/mol. The zero-order chi connectivity index (χ0) is 12.6. The summed E-state index contributed by atoms with van der Waals surface area (Å²) in [7, 11) is 0. The van der Waals surface area contributed by atoms with Gasteiger partial charge in [0, 0.05) is 12.6 Å². The number of rotatable bonds is 2. The fraction of sp³-hybridized carbons (Fsp3) is 0.923. The molecule has 1 amide bonds. The minimum absolute atomic E-state index is 0.150. The van der Waals surface area contributed by atoms with Gasteiger partial charge in [-0.25, -0.2) is 4.79 Å². The zero-order valence-electron chi connectivity index (χ0n) is 11.1. The van der Waals surface area contributed by atoms with Crippen molar-refractivity contribution in [2.75, 3.05) is 13.1 Å². The monoisotopic (exact) mass is 240 g/mol. The molecular formula is C13H24N2O2. The molecule has 4 nitrogen and oxygen atoms in total. The molecule has 2 fully saturated rings. The molecule has 1 saturated heterocycles. The van der Waals surface area contributed by atoms with Gasteiger partial charge in [0.2, 0.25) is 0 Å². The van der Waals surface area contributed by atoms with E-state index in [1.165, 1.54) is 6.42 Å². The molecule has 4 heteroatoms. The highest BCUT2D eigenvalue weighted by atomic mass is 16.6. The van der Waals surface area contributed by atoms with Crippen LogP contribution in [0.15, 0.2) is 0 Å². The quantitative estimate of drug-likeness (QED) is 0.803. The summed E-state index contributed by atoms with van der Waals surface area (Å²) in [5, 5.41) is 0. The Morgan fingerprint density at radius 2 is 2.18 bits per heavy atom. The topological polar surface area (TPSA) is 55.6 Å². The van der Waals surface area contributed by atoms with Crippen LogP contribution in [0.4, 0.5) is 4.79 Å². The third kappa shape index (κ3) is 2.92. The van der Waals surface area contributed by atoms with Crippen molar-refractivity contribution in [1.29, 1.82) is 0 Å². The molecule has 2 aliphatic rings. The molecule has 2 N–H and O–H groups in total. The molecule has 0 aromatic carbocycles. The van der Waals surface area contributed by atoms with E-state index in [0.29, 0.717) is 17.9 Å². The van der Waals surface area contributed by atoms with Crippen LogP contribution < -0.4 is 5.73 Å². The summed E-state index contributed by atoms with van der Waals surface area (Å²) in [6.07, 6.45) is 3.24. The lowest BCUT2D eigenvalue weighted by molar-refractivity contribution is 0.0206. The van der Waals surface area contributed by atoms with Gasteiger partial charge >= 0.3 is 6.09 Å². The molecule has 0 bridgehead atoms. The number of hydrogen-bond acceptors (Lipinski definition) is 3. The maximum absolute atomic E-state index is 12.1. The van der Waals surface area contributed by atoms with Crippen LogP contribution in [0.2, 0.25) is 0 Å². The zero-order valence-corrected chi connectivity index (χ0v) is 11.1. The molecule has 1 aliphatic heterocycles. The average Bonchev–Trinajstić information content (AvgIpc) is 2.83. The summed E-state index contributed by atoms with van der Waals surface area (Å²) in [6.45, 7) is 7.33. The number of nitrogens with two attached hydrogens (primary N) is 1. The van der Waals surface area contributed by atoms with Crippen LogP contribution in [-0.2, 0) is 4.74 Å². The van der Waals surface area contributed by atoms with Gasteiger partial charge in [0.1, 0.15) is 5.60 Å². The lowest BCUT2D eigenvalue weighted by atomic mass is 10.1. The highest BCUT2D eigenvalue weighted by Gasteiger charge is 2.47. The van der Waals surface area contributed by atoms with E-state index >= 15 is 0 Å². The van der Waals surface area contributed by atoms with Crippen molar-refractivity contribution in [3.8, 4) is 0 Å². The number of carbonyl (C=O) groups excluding carboxylic acids is 1. The van der Waals surface area contributed by atoms with E-state index in [0.717, 1.165) is 25.9 Å². The number of amides is 1. The van der Waals surface area contributed by atoms with Gasteiger partial charge in [-0.2, -0.15) is 0 Å². The highest BCUT2D eigenvalue weighted by Crippen LogP contribution is 2.45. The Labute approximate surface area is 103 Å². The lowest BCUT2D eigenvalue weighted by Crippen LogP contribution is -2.41. The largest absolute Gasteiger partial charge is 0.444 e. The predicted octanol–water partition coefficient (Wildman–Crippen LogP) is 1.98. The number of likely N-dealkylation sites (tertiary alicyclic amines) is 1. The van der Waals surface area contributed by atoms with Gasteiger partial charge in [0.05, 0.1) is 0 Å². The summed E-state index contributed by atoms with van der Waals surface area (Å²) in [5.74, 6) is 1.25. The molecule has 1 unspecified atom stereocenters. The fourth-order valence-corrected chi connectivity index (χ4v) is 2.80. The molecule has 3 atom stereocenters. The summed E-state index contributed by atoms with van der Waals surface area (Å²) >= 11 is 0. The second-order valence-corrected chi connectivity index (χ2v) is 6.28. The van der Waals surface area contributed by atoms with Crippen LogP contribution in [0.3, 0.4) is 0 Å². The Bertz CT molecular complexity index is 298. The number of hydrogen-bond donors (Lipinski definition) is 1. The second kappa shape index (κ2) is 4.48. The van der Waals surface area contributed by atoms with Crippen molar-refractivity contribution in [2.24, 2.45) is 17.6 Å². The van der Waals surface area contributed by atoms with E-state index in [1.807, 2.05) is 25.7 Å². The molecule has 1 heterocycles. The van der Waals surface area contributed by atoms with Gasteiger partial charge in [-0.15, -0.1) is 0 Å². The van der Waals surface area contributed by atoms with E-state index in [2.05, 4.69) is 0 Å². The Kier molecular flexibility index (Phi) is 3.34. The van der Waals surface area contributed by atoms with Gasteiger partial charge < -0.3 is 15.4 Å². The van der Waals surface area contributed by atoms with Crippen molar-refractivity contribution in [3.63, 3.8) is 0 Å². The van der Waals surface area contributed by atoms with E-state index in [9.17, 15) is 4.79 Å². The summed E-state index contributed by atoms with van der Waals surface area (Å²) in [5.41, 5.74) is 5.28. The Morgan fingerprint density at radius 1 is 1.47 bits per heavy atom. The van der Waals surface area contributed by atoms with Crippen molar-refractivity contribution >= 4 is 6.09 Å². The fourth-order valence-electron chi connectivity index (χ4n) is 2.80. The molecule has 17 heavy (non-hydrogen) atoms. The molecule has 0 aromatic rings. The van der Waals surface area contributed by atoms with E-state index in [4.69, 9.17) is 10.5 Å². The second-order valence-electron chi connectivity index (χ2n) is 6.28. The van der Waals surface area contributed by atoms with Crippen LogP contribution in [0.25, 0.3) is 0 Å². The van der Waals surface area contributed by atoms with Crippen molar-refractivity contribution in [1.82, 2.24) is 4.90 Å². The first-order valence-electron chi connectivity index (χ1n) is 6.62. The summed E-state index contributed by atoms with van der Waals surface area (Å²) < 4.78 is 5.45. The number of carbonyl (C=O) groups is 1. The minimum atomic E-state index is -0.402. The van der Waals surface area contributed by atoms with Crippen LogP contribution in [0.5, 0.6) is 0 Å². The Morgan fingerprint density at radius 3 is 2.71 bits per heavy atom. The van der Waals surface area contributed by atoms with Gasteiger partial charge in [-0.1, -0.05) is 0 Å². The minimum Gasteiger partial charge on any atom is -0.444 e. The van der Waals surface area contributed by atoms with Crippen molar-refractivity contribution in [3.05, 3.63) is 0 Å². The molecule has 0 aromatic heterocycles. The maximum atomic E-state index is 12.1. The van der Waals surface area contributed by atoms with Crippen molar-refractivity contribution in [2.45, 2.75) is 51.7 Å². The maximum Gasteiger partial charge on any atom is 0.410 e. The van der Waals surface area contributed by atoms with Crippen LogP contribution in [0, 0.1) is 11.8 Å². The Hall–Kier alpha value is -0.770. The summed E-state index contributed by atoms with van der Waals surface area (Å²) in [4.78, 5) is 14.0. The Balaban J connectivity index is 1.93. The third-order valence-electron chi connectivity index (χ3n) is 3.70.